The highest BCUT2D eigenvalue weighted by Gasteiger charge is 2.37. The van der Waals surface area contributed by atoms with E-state index in [4.69, 9.17) is 4.74 Å². The van der Waals surface area contributed by atoms with Gasteiger partial charge in [0, 0.05) is 32.8 Å². The number of ether oxygens (including phenoxy) is 1. The summed E-state index contributed by atoms with van der Waals surface area (Å²) in [4.78, 5) is 14.2. The summed E-state index contributed by atoms with van der Waals surface area (Å²) in [5, 5.41) is 12.8. The number of nitriles is 1. The maximum absolute atomic E-state index is 12.4. The molecule has 2 saturated heterocycles. The van der Waals surface area contributed by atoms with Crippen LogP contribution in [0.5, 0.6) is 0 Å². The number of piperidine rings is 1. The Morgan fingerprint density at radius 2 is 2.08 bits per heavy atom. The quantitative estimate of drug-likeness (QED) is 0.915. The zero-order valence-electron chi connectivity index (χ0n) is 14.7. The third-order valence-corrected chi connectivity index (χ3v) is 5.53. The molecule has 5 heteroatoms. The minimum absolute atomic E-state index is 0.00340. The first-order chi connectivity index (χ1) is 12.2. The highest BCUT2D eigenvalue weighted by Crippen LogP contribution is 2.34. The summed E-state index contributed by atoms with van der Waals surface area (Å²) < 4.78 is 5.48. The smallest absolute Gasteiger partial charge is 0.317 e. The van der Waals surface area contributed by atoms with Crippen molar-refractivity contribution in [1.82, 2.24) is 10.2 Å². The van der Waals surface area contributed by atoms with Crippen molar-refractivity contribution in [2.75, 3.05) is 32.8 Å². The molecule has 134 valence electrons. The molecule has 0 spiro atoms. The molecule has 2 aliphatic heterocycles. The molecule has 2 fully saturated rings. The zero-order valence-corrected chi connectivity index (χ0v) is 14.7. The Hall–Kier alpha value is -2.06. The summed E-state index contributed by atoms with van der Waals surface area (Å²) >= 11 is 0. The lowest BCUT2D eigenvalue weighted by atomic mass is 9.74. The Bertz CT molecular complexity index is 597. The molecule has 0 radical (unpaired) electrons. The van der Waals surface area contributed by atoms with E-state index in [1.54, 1.807) is 0 Å². The first kappa shape index (κ1) is 17.8. The average Bonchev–Trinajstić information content (AvgIpc) is 2.69. The van der Waals surface area contributed by atoms with Crippen LogP contribution in [-0.4, -0.2) is 43.8 Å². The first-order valence-electron chi connectivity index (χ1n) is 9.31. The summed E-state index contributed by atoms with van der Waals surface area (Å²) in [6.07, 6.45) is 4.68. The standard InChI is InChI=1S/C20H27N3O2/c21-16-20(18-6-2-1-3-7-18)9-12-23(13-10-20)19(24)22-11-8-17-5-4-14-25-15-17/h1-3,6-7,17H,4-5,8-15H2,(H,22,24)/t17-/m1/s1. The molecule has 0 aliphatic carbocycles. The van der Waals surface area contributed by atoms with Crippen molar-refractivity contribution in [1.29, 1.82) is 5.26 Å². The second-order valence-electron chi connectivity index (χ2n) is 7.15. The second-order valence-corrected chi connectivity index (χ2v) is 7.15. The van der Waals surface area contributed by atoms with Crippen LogP contribution in [0.1, 0.15) is 37.7 Å². The summed E-state index contributed by atoms with van der Waals surface area (Å²) in [6.45, 7) is 3.65. The second kappa shape index (κ2) is 8.35. The van der Waals surface area contributed by atoms with E-state index in [9.17, 15) is 10.1 Å². The van der Waals surface area contributed by atoms with Crippen LogP contribution in [0.15, 0.2) is 30.3 Å². The Labute approximate surface area is 150 Å². The number of amides is 2. The molecule has 0 unspecified atom stereocenters. The van der Waals surface area contributed by atoms with Gasteiger partial charge in [-0.25, -0.2) is 4.79 Å². The average molecular weight is 341 g/mol. The molecule has 0 bridgehead atoms. The van der Waals surface area contributed by atoms with E-state index < -0.39 is 5.41 Å². The van der Waals surface area contributed by atoms with Crippen LogP contribution in [0.3, 0.4) is 0 Å². The van der Waals surface area contributed by atoms with Gasteiger partial charge in [0.15, 0.2) is 0 Å². The number of carbonyl (C=O) groups is 1. The van der Waals surface area contributed by atoms with Crippen molar-refractivity contribution >= 4 is 6.03 Å². The Balaban J connectivity index is 1.46. The largest absolute Gasteiger partial charge is 0.381 e. The Morgan fingerprint density at radius 1 is 1.32 bits per heavy atom. The molecule has 1 atom stereocenters. The van der Waals surface area contributed by atoms with Gasteiger partial charge < -0.3 is 15.0 Å². The maximum Gasteiger partial charge on any atom is 0.317 e. The van der Waals surface area contributed by atoms with Crippen LogP contribution in [0.4, 0.5) is 4.79 Å². The van der Waals surface area contributed by atoms with E-state index in [1.165, 1.54) is 6.42 Å². The molecule has 1 aromatic rings. The van der Waals surface area contributed by atoms with Crippen molar-refractivity contribution in [2.45, 2.75) is 37.5 Å². The van der Waals surface area contributed by atoms with Crippen molar-refractivity contribution < 1.29 is 9.53 Å². The molecule has 0 aromatic heterocycles. The van der Waals surface area contributed by atoms with Gasteiger partial charge in [0.2, 0.25) is 0 Å². The Kier molecular flexibility index (Phi) is 5.93. The molecule has 3 rings (SSSR count). The van der Waals surface area contributed by atoms with E-state index >= 15 is 0 Å². The van der Waals surface area contributed by atoms with Gasteiger partial charge >= 0.3 is 6.03 Å². The van der Waals surface area contributed by atoms with Gasteiger partial charge in [-0.3, -0.25) is 0 Å². The van der Waals surface area contributed by atoms with Crippen molar-refractivity contribution in [3.63, 3.8) is 0 Å². The summed E-state index contributed by atoms with van der Waals surface area (Å²) in [5.41, 5.74) is 0.604. The Morgan fingerprint density at radius 3 is 2.72 bits per heavy atom. The van der Waals surface area contributed by atoms with Crippen LogP contribution in [0.2, 0.25) is 0 Å². The fourth-order valence-corrected chi connectivity index (χ4v) is 3.84. The van der Waals surface area contributed by atoms with Crippen LogP contribution in [0.25, 0.3) is 0 Å². The minimum atomic E-state index is -0.461. The number of carbonyl (C=O) groups excluding carboxylic acids is 1. The van der Waals surface area contributed by atoms with Crippen LogP contribution >= 0.6 is 0 Å². The van der Waals surface area contributed by atoms with E-state index in [-0.39, 0.29) is 6.03 Å². The van der Waals surface area contributed by atoms with Crippen LogP contribution < -0.4 is 5.32 Å². The van der Waals surface area contributed by atoms with E-state index in [2.05, 4.69) is 11.4 Å². The van der Waals surface area contributed by atoms with Gasteiger partial charge in [-0.15, -0.1) is 0 Å². The minimum Gasteiger partial charge on any atom is -0.381 e. The molecule has 25 heavy (non-hydrogen) atoms. The van der Waals surface area contributed by atoms with Gasteiger partial charge in [0.1, 0.15) is 0 Å². The molecule has 2 aliphatic rings. The fourth-order valence-electron chi connectivity index (χ4n) is 3.84. The number of urea groups is 1. The van der Waals surface area contributed by atoms with Gasteiger partial charge in [0.25, 0.3) is 0 Å². The van der Waals surface area contributed by atoms with Gasteiger partial charge in [0.05, 0.1) is 11.5 Å². The SMILES string of the molecule is N#CC1(c2ccccc2)CCN(C(=O)NCC[C@H]2CCCOC2)CC1. The molecular formula is C20H27N3O2. The topological polar surface area (TPSA) is 65.4 Å². The third kappa shape index (κ3) is 4.32. The highest BCUT2D eigenvalue weighted by atomic mass is 16.5. The number of nitrogens with one attached hydrogen (secondary N) is 1. The fraction of sp³-hybridized carbons (Fsp3) is 0.600. The number of hydrogen-bond donors (Lipinski definition) is 1. The normalized spacial score (nSPS) is 22.8. The third-order valence-electron chi connectivity index (χ3n) is 5.53. The predicted octanol–water partition coefficient (Wildman–Crippen LogP) is 3.07. The molecular weight excluding hydrogens is 314 g/mol. The molecule has 2 amide bonds. The lowest BCUT2D eigenvalue weighted by molar-refractivity contribution is 0.0518. The monoisotopic (exact) mass is 341 g/mol. The number of rotatable bonds is 4. The molecule has 5 nitrogen and oxygen atoms in total. The molecule has 0 saturated carbocycles. The number of likely N-dealkylation sites (tertiary alicyclic amines) is 1. The summed E-state index contributed by atoms with van der Waals surface area (Å²) in [5.74, 6) is 0.569. The molecule has 2 heterocycles. The van der Waals surface area contributed by atoms with Gasteiger partial charge in [-0.1, -0.05) is 30.3 Å². The van der Waals surface area contributed by atoms with Crippen molar-refractivity contribution in [3.05, 3.63) is 35.9 Å². The van der Waals surface area contributed by atoms with E-state index in [0.29, 0.717) is 38.4 Å². The first-order valence-corrected chi connectivity index (χ1v) is 9.31. The van der Waals surface area contributed by atoms with Crippen LogP contribution in [-0.2, 0) is 10.2 Å². The van der Waals surface area contributed by atoms with Crippen molar-refractivity contribution in [2.24, 2.45) is 5.92 Å². The van der Waals surface area contributed by atoms with E-state index in [1.807, 2.05) is 35.2 Å². The molecule has 1 N–H and O–H groups in total. The molecule has 1 aromatic carbocycles. The summed E-state index contributed by atoms with van der Waals surface area (Å²) in [6, 6.07) is 12.5. The van der Waals surface area contributed by atoms with E-state index in [0.717, 1.165) is 31.6 Å². The highest BCUT2D eigenvalue weighted by molar-refractivity contribution is 5.74. The lowest BCUT2D eigenvalue weighted by Crippen LogP contribution is -2.48. The number of hydrogen-bond acceptors (Lipinski definition) is 3. The van der Waals surface area contributed by atoms with Crippen LogP contribution in [0, 0.1) is 17.2 Å². The zero-order chi connectivity index (χ0) is 17.5. The van der Waals surface area contributed by atoms with Gasteiger partial charge in [-0.2, -0.15) is 5.26 Å². The number of nitrogens with zero attached hydrogens (tertiary/aromatic N) is 2. The lowest BCUT2D eigenvalue weighted by Gasteiger charge is -2.37. The van der Waals surface area contributed by atoms with Crippen molar-refractivity contribution in [3.8, 4) is 6.07 Å². The maximum atomic E-state index is 12.4. The number of benzene rings is 1. The predicted molar refractivity (Wildman–Crippen MR) is 96.1 cm³/mol. The summed E-state index contributed by atoms with van der Waals surface area (Å²) in [7, 11) is 0. The van der Waals surface area contributed by atoms with Gasteiger partial charge in [-0.05, 0) is 43.6 Å².